The molecule has 1 rings (SSSR count). The number of nitrogens with one attached hydrogen (secondary N) is 1. The molecule has 0 saturated carbocycles. The second-order valence-corrected chi connectivity index (χ2v) is 8.06. The van der Waals surface area contributed by atoms with Gasteiger partial charge in [0.25, 0.3) is 11.4 Å². The quantitative estimate of drug-likeness (QED) is 0.126. The van der Waals surface area contributed by atoms with Crippen molar-refractivity contribution >= 4 is 35.0 Å². The monoisotopic (exact) mass is 491 g/mol. The second kappa shape index (κ2) is 10.8. The molecule has 1 heterocycles. The Hall–Kier alpha value is -2.62. The van der Waals surface area contributed by atoms with Gasteiger partial charge >= 0.3 is 5.97 Å². The lowest BCUT2D eigenvalue weighted by molar-refractivity contribution is -0.317. The van der Waals surface area contributed by atoms with E-state index in [1.165, 1.54) is 0 Å². The summed E-state index contributed by atoms with van der Waals surface area (Å²) in [5.74, 6) is -13.3. The van der Waals surface area contributed by atoms with Crippen LogP contribution in [0.4, 0.5) is 0 Å². The van der Waals surface area contributed by atoms with Gasteiger partial charge in [0.15, 0.2) is 17.3 Å². The zero-order chi connectivity index (χ0) is 26.8. The first kappa shape index (κ1) is 29.4. The number of carbonyl (C=O) groups is 6. The maximum absolute atomic E-state index is 13.0. The Labute approximate surface area is 193 Å². The molecule has 0 radical (unpaired) electrons. The Morgan fingerprint density at radius 1 is 1.00 bits per heavy atom. The van der Waals surface area contributed by atoms with Crippen LogP contribution < -0.4 is 5.32 Å². The molecule has 14 nitrogen and oxygen atoms in total. The van der Waals surface area contributed by atoms with Gasteiger partial charge in [0.2, 0.25) is 5.91 Å². The lowest BCUT2D eigenvalue weighted by atomic mass is 9.78. The van der Waals surface area contributed by atoms with Crippen LogP contribution in [0.25, 0.3) is 0 Å². The number of rotatable bonds is 10. The highest BCUT2D eigenvalue weighted by Gasteiger charge is 2.64. The van der Waals surface area contributed by atoms with E-state index in [0.29, 0.717) is 0 Å². The van der Waals surface area contributed by atoms with E-state index >= 15 is 0 Å². The minimum absolute atomic E-state index is 0.760. The summed E-state index contributed by atoms with van der Waals surface area (Å²) in [5, 5.41) is 53.4. The van der Waals surface area contributed by atoms with Crippen LogP contribution in [-0.2, 0) is 38.2 Å². The number of amides is 1. The first-order valence-corrected chi connectivity index (χ1v) is 10.1. The minimum Gasteiger partial charge on any atom is -0.431 e. The number of esters is 1. The summed E-state index contributed by atoms with van der Waals surface area (Å²) in [4.78, 5) is 73.4. The summed E-state index contributed by atoms with van der Waals surface area (Å²) in [5.41, 5.74) is -3.00. The highest BCUT2D eigenvalue weighted by Crippen LogP contribution is 2.38. The number of aliphatic hydroxyl groups is 5. The Morgan fingerprint density at radius 3 is 1.82 bits per heavy atom. The summed E-state index contributed by atoms with van der Waals surface area (Å²) < 4.78 is 10.0. The molecule has 0 bridgehead atoms. The van der Waals surface area contributed by atoms with Crippen LogP contribution in [0.2, 0.25) is 0 Å². The molecule has 192 valence electrons. The van der Waals surface area contributed by atoms with E-state index in [1.807, 2.05) is 0 Å². The number of ether oxygens (including phenoxy) is 2. The topological polar surface area (TPSA) is 234 Å². The van der Waals surface area contributed by atoms with E-state index in [2.05, 4.69) is 5.32 Å². The maximum atomic E-state index is 13.0. The third-order valence-corrected chi connectivity index (χ3v) is 5.55. The first-order valence-electron chi connectivity index (χ1n) is 10.1. The maximum Gasteiger partial charge on any atom is 0.369 e. The van der Waals surface area contributed by atoms with Crippen molar-refractivity contribution in [1.29, 1.82) is 0 Å². The molecular formula is C20H29NO13. The molecule has 1 fully saturated rings. The van der Waals surface area contributed by atoms with E-state index in [9.17, 15) is 49.2 Å². The van der Waals surface area contributed by atoms with Crippen molar-refractivity contribution in [1.82, 2.24) is 5.32 Å². The van der Waals surface area contributed by atoms with E-state index in [-0.39, 0.29) is 0 Å². The molecule has 6 N–H and O–H groups in total. The fourth-order valence-corrected chi connectivity index (χ4v) is 3.86. The average molecular weight is 491 g/mol. The highest BCUT2D eigenvalue weighted by molar-refractivity contribution is 6.27. The number of carbonyl (C=O) groups excluding carboxylic acids is 6. The molecule has 0 spiro atoms. The highest BCUT2D eigenvalue weighted by atomic mass is 16.7. The van der Waals surface area contributed by atoms with E-state index in [1.54, 1.807) is 0 Å². The van der Waals surface area contributed by atoms with Crippen molar-refractivity contribution in [2.75, 3.05) is 6.61 Å². The molecule has 1 aliphatic heterocycles. The van der Waals surface area contributed by atoms with Gasteiger partial charge in [-0.15, -0.1) is 0 Å². The van der Waals surface area contributed by atoms with Crippen LogP contribution in [0.1, 0.15) is 34.6 Å². The molecule has 0 aromatic heterocycles. The summed E-state index contributed by atoms with van der Waals surface area (Å²) >= 11 is 0. The van der Waals surface area contributed by atoms with Gasteiger partial charge < -0.3 is 40.3 Å². The number of aliphatic hydroxyl groups excluding tert-OH is 4. The molecule has 0 aromatic carbocycles. The van der Waals surface area contributed by atoms with Crippen molar-refractivity contribution in [3.63, 3.8) is 0 Å². The van der Waals surface area contributed by atoms with Crippen LogP contribution in [0.5, 0.6) is 0 Å². The SMILES string of the molecule is CC(=O)N[C@@H]1[C@@H](O)C(C(C)=O)[C@](O)(C(=O)OC(C(C)=O)(C(C)=O)C(C)=O)O[C@H]1C(O)[C@H](O)CO. The van der Waals surface area contributed by atoms with Crippen LogP contribution in [0.3, 0.4) is 0 Å². The first-order chi connectivity index (χ1) is 15.5. The number of hydrogen-bond donors (Lipinski definition) is 6. The second-order valence-electron chi connectivity index (χ2n) is 8.06. The third kappa shape index (κ3) is 5.21. The molecule has 14 heteroatoms. The van der Waals surface area contributed by atoms with Gasteiger partial charge in [-0.1, -0.05) is 0 Å². The van der Waals surface area contributed by atoms with E-state index in [0.717, 1.165) is 34.6 Å². The Balaban J connectivity index is 3.68. The Morgan fingerprint density at radius 2 is 1.47 bits per heavy atom. The van der Waals surface area contributed by atoms with Crippen LogP contribution in [-0.4, -0.2) is 109 Å². The molecule has 1 aliphatic rings. The molecule has 2 unspecified atom stereocenters. The molecule has 0 aromatic rings. The smallest absolute Gasteiger partial charge is 0.369 e. The van der Waals surface area contributed by atoms with Gasteiger partial charge in [-0.05, 0) is 27.7 Å². The largest absolute Gasteiger partial charge is 0.431 e. The van der Waals surface area contributed by atoms with Crippen LogP contribution in [0, 0.1) is 5.92 Å². The van der Waals surface area contributed by atoms with Gasteiger partial charge in [0, 0.05) is 6.92 Å². The summed E-state index contributed by atoms with van der Waals surface area (Å²) in [7, 11) is 0. The van der Waals surface area contributed by atoms with Crippen molar-refractivity contribution < 1.29 is 63.8 Å². The summed E-state index contributed by atoms with van der Waals surface area (Å²) in [6.45, 7) is 3.05. The number of ketones is 4. The molecule has 0 aliphatic carbocycles. The van der Waals surface area contributed by atoms with Crippen molar-refractivity contribution in [3.05, 3.63) is 0 Å². The molecule has 34 heavy (non-hydrogen) atoms. The van der Waals surface area contributed by atoms with Crippen LogP contribution in [0.15, 0.2) is 0 Å². The molecule has 1 amide bonds. The average Bonchev–Trinajstić information content (AvgIpc) is 2.71. The van der Waals surface area contributed by atoms with Crippen molar-refractivity contribution in [2.24, 2.45) is 5.92 Å². The fraction of sp³-hybridized carbons (Fsp3) is 0.700. The lowest BCUT2D eigenvalue weighted by Crippen LogP contribution is -2.73. The third-order valence-electron chi connectivity index (χ3n) is 5.55. The predicted molar refractivity (Wildman–Crippen MR) is 108 cm³/mol. The normalized spacial score (nSPS) is 28.9. The van der Waals surface area contributed by atoms with Crippen molar-refractivity contribution in [2.45, 2.75) is 76.5 Å². The van der Waals surface area contributed by atoms with Gasteiger partial charge in [0.1, 0.15) is 30.0 Å². The zero-order valence-electron chi connectivity index (χ0n) is 19.2. The summed E-state index contributed by atoms with van der Waals surface area (Å²) in [6, 6.07) is -1.70. The number of hydrogen-bond acceptors (Lipinski definition) is 13. The van der Waals surface area contributed by atoms with E-state index < -0.39 is 89.4 Å². The predicted octanol–water partition coefficient (Wildman–Crippen LogP) is -4.09. The van der Waals surface area contributed by atoms with Gasteiger partial charge in [0.05, 0.1) is 18.8 Å². The zero-order valence-corrected chi connectivity index (χ0v) is 19.2. The fourth-order valence-electron chi connectivity index (χ4n) is 3.86. The van der Waals surface area contributed by atoms with Crippen molar-refractivity contribution in [3.8, 4) is 0 Å². The van der Waals surface area contributed by atoms with Crippen LogP contribution >= 0.6 is 0 Å². The minimum atomic E-state index is -3.51. The standard InChI is InChI=1S/C20H29NO13/c1-7(23)13-16(30)14(21-11(5)27)17(15(29)12(28)6-22)33-20(13,32)18(31)34-19(8(2)24,9(3)25)10(4)26/h12-17,22,28-30,32H,6H2,1-5H3,(H,21,27)/t12-,13?,14-,15?,16+,17-,20-/m1/s1. The van der Waals surface area contributed by atoms with Gasteiger partial charge in [-0.25, -0.2) is 4.79 Å². The van der Waals surface area contributed by atoms with Gasteiger partial charge in [-0.2, -0.15) is 0 Å². The summed E-state index contributed by atoms with van der Waals surface area (Å²) in [6.07, 6.45) is -8.30. The van der Waals surface area contributed by atoms with E-state index in [4.69, 9.17) is 14.6 Å². The molecule has 1 saturated heterocycles. The molecule has 7 atom stereocenters. The number of Topliss-reactive ketones (excluding diaryl/α,β-unsaturated/α-hetero) is 4. The Kier molecular flexibility index (Phi) is 9.30. The molecular weight excluding hydrogens is 462 g/mol. The lowest BCUT2D eigenvalue weighted by Gasteiger charge is -2.49. The Bertz CT molecular complexity index is 834. The van der Waals surface area contributed by atoms with Gasteiger partial charge in [-0.3, -0.25) is 24.0 Å².